The molecule has 2 saturated heterocycles. The van der Waals surface area contributed by atoms with Crippen LogP contribution in [-0.4, -0.2) is 75.4 Å². The van der Waals surface area contributed by atoms with E-state index >= 15 is 0 Å². The Bertz CT molecular complexity index is 508. The third-order valence-corrected chi connectivity index (χ3v) is 5.67. The Kier molecular flexibility index (Phi) is 5.69. The van der Waals surface area contributed by atoms with Gasteiger partial charge in [-0.05, 0) is 24.3 Å². The molecule has 0 radical (unpaired) electrons. The van der Waals surface area contributed by atoms with Gasteiger partial charge in [0.05, 0.1) is 24.7 Å². The van der Waals surface area contributed by atoms with Crippen molar-refractivity contribution in [3.8, 4) is 0 Å². The highest BCUT2D eigenvalue weighted by Gasteiger charge is 2.40. The standard InChI is InChI=1S/C17H26N2O3S/c1-21-9-7-18-8-10-22-14-17(12-18)5-3-6-19(13-17)16(20)15-4-2-11-23-15/h2,4,11H,3,5-10,12-14H2,1H3/t17-/m0/s1. The summed E-state index contributed by atoms with van der Waals surface area (Å²) in [6, 6.07) is 3.86. The molecule has 1 aromatic rings. The maximum absolute atomic E-state index is 12.7. The Labute approximate surface area is 142 Å². The molecule has 2 fully saturated rings. The number of amides is 1. The number of carbonyl (C=O) groups excluding carboxylic acids is 1. The van der Waals surface area contributed by atoms with Crippen LogP contribution in [0.3, 0.4) is 0 Å². The van der Waals surface area contributed by atoms with Crippen LogP contribution in [-0.2, 0) is 9.47 Å². The van der Waals surface area contributed by atoms with Crippen LogP contribution in [0.25, 0.3) is 0 Å². The number of hydrogen-bond acceptors (Lipinski definition) is 5. The predicted octanol–water partition coefficient (Wildman–Crippen LogP) is 1.95. The third kappa shape index (κ3) is 4.12. The van der Waals surface area contributed by atoms with Crippen molar-refractivity contribution >= 4 is 17.2 Å². The van der Waals surface area contributed by atoms with Crippen molar-refractivity contribution in [1.82, 2.24) is 9.80 Å². The zero-order chi connectivity index (χ0) is 16.1. The predicted molar refractivity (Wildman–Crippen MR) is 91.0 cm³/mol. The summed E-state index contributed by atoms with van der Waals surface area (Å²) < 4.78 is 11.1. The number of methoxy groups -OCH3 is 1. The quantitative estimate of drug-likeness (QED) is 0.841. The average Bonchev–Trinajstić information content (AvgIpc) is 3.03. The van der Waals surface area contributed by atoms with E-state index in [9.17, 15) is 4.79 Å². The van der Waals surface area contributed by atoms with E-state index < -0.39 is 0 Å². The van der Waals surface area contributed by atoms with Crippen molar-refractivity contribution < 1.29 is 14.3 Å². The van der Waals surface area contributed by atoms with Gasteiger partial charge in [0.25, 0.3) is 5.91 Å². The number of likely N-dealkylation sites (tertiary alicyclic amines) is 1. The largest absolute Gasteiger partial charge is 0.383 e. The van der Waals surface area contributed by atoms with E-state index in [1.807, 2.05) is 22.4 Å². The van der Waals surface area contributed by atoms with Gasteiger partial charge in [0.15, 0.2) is 0 Å². The van der Waals surface area contributed by atoms with Crippen LogP contribution in [0.2, 0.25) is 0 Å². The molecule has 0 N–H and O–H groups in total. The van der Waals surface area contributed by atoms with E-state index in [1.54, 1.807) is 7.11 Å². The first kappa shape index (κ1) is 16.9. The minimum atomic E-state index is 0.0649. The number of piperidine rings is 1. The van der Waals surface area contributed by atoms with Crippen LogP contribution in [0.15, 0.2) is 17.5 Å². The van der Waals surface area contributed by atoms with E-state index in [-0.39, 0.29) is 11.3 Å². The van der Waals surface area contributed by atoms with Crippen molar-refractivity contribution in [3.05, 3.63) is 22.4 Å². The van der Waals surface area contributed by atoms with E-state index in [4.69, 9.17) is 9.47 Å². The van der Waals surface area contributed by atoms with Crippen LogP contribution >= 0.6 is 11.3 Å². The van der Waals surface area contributed by atoms with Crippen LogP contribution in [0.5, 0.6) is 0 Å². The summed E-state index contributed by atoms with van der Waals surface area (Å²) in [5, 5.41) is 1.97. The van der Waals surface area contributed by atoms with Gasteiger partial charge in [-0.25, -0.2) is 0 Å². The van der Waals surface area contributed by atoms with E-state index in [2.05, 4.69) is 4.90 Å². The molecule has 5 nitrogen and oxygen atoms in total. The van der Waals surface area contributed by atoms with Gasteiger partial charge in [-0.3, -0.25) is 9.69 Å². The summed E-state index contributed by atoms with van der Waals surface area (Å²) in [4.78, 5) is 18.0. The number of nitrogens with zero attached hydrogens (tertiary/aromatic N) is 2. The van der Waals surface area contributed by atoms with Gasteiger partial charge in [0.1, 0.15) is 0 Å². The molecule has 1 spiro atoms. The van der Waals surface area contributed by atoms with E-state index in [0.717, 1.165) is 70.3 Å². The molecule has 2 aliphatic heterocycles. The summed E-state index contributed by atoms with van der Waals surface area (Å²) in [5.74, 6) is 0.173. The minimum absolute atomic E-state index is 0.0649. The number of hydrogen-bond donors (Lipinski definition) is 0. The Hall–Kier alpha value is -0.950. The molecule has 1 aromatic heterocycles. The van der Waals surface area contributed by atoms with Crippen LogP contribution in [0.4, 0.5) is 0 Å². The van der Waals surface area contributed by atoms with Gasteiger partial charge < -0.3 is 14.4 Å². The topological polar surface area (TPSA) is 42.0 Å². The van der Waals surface area contributed by atoms with Crippen LogP contribution in [0, 0.1) is 5.41 Å². The lowest BCUT2D eigenvalue weighted by Gasteiger charge is -2.43. The van der Waals surface area contributed by atoms with E-state index in [0.29, 0.717) is 0 Å². The fourth-order valence-electron chi connectivity index (χ4n) is 3.68. The molecule has 1 amide bonds. The number of thiophene rings is 1. The van der Waals surface area contributed by atoms with E-state index in [1.165, 1.54) is 11.3 Å². The highest BCUT2D eigenvalue weighted by molar-refractivity contribution is 7.12. The van der Waals surface area contributed by atoms with Gasteiger partial charge in [-0.15, -0.1) is 11.3 Å². The van der Waals surface area contributed by atoms with Gasteiger partial charge in [-0.2, -0.15) is 0 Å². The molecule has 2 aliphatic rings. The molecule has 0 aromatic carbocycles. The fraction of sp³-hybridized carbons (Fsp3) is 0.706. The molecular formula is C17H26N2O3S. The zero-order valence-electron chi connectivity index (χ0n) is 13.8. The second kappa shape index (κ2) is 7.75. The Morgan fingerprint density at radius 3 is 3.13 bits per heavy atom. The first-order chi connectivity index (χ1) is 11.2. The Balaban J connectivity index is 1.68. The van der Waals surface area contributed by atoms with Crippen molar-refractivity contribution in [2.45, 2.75) is 12.8 Å². The fourth-order valence-corrected chi connectivity index (χ4v) is 4.37. The van der Waals surface area contributed by atoms with Crippen LogP contribution in [0.1, 0.15) is 22.5 Å². The SMILES string of the molecule is COCCN1CCOC[C@@]2(CCCN(C(=O)c3cccs3)C2)C1. The smallest absolute Gasteiger partial charge is 0.263 e. The molecule has 0 aliphatic carbocycles. The maximum atomic E-state index is 12.7. The van der Waals surface area contributed by atoms with Gasteiger partial charge in [-0.1, -0.05) is 6.07 Å². The van der Waals surface area contributed by atoms with Crippen molar-refractivity contribution in [2.75, 3.05) is 59.7 Å². The highest BCUT2D eigenvalue weighted by atomic mass is 32.1. The Morgan fingerprint density at radius 2 is 2.35 bits per heavy atom. The van der Waals surface area contributed by atoms with Gasteiger partial charge >= 0.3 is 0 Å². The molecule has 0 bridgehead atoms. The van der Waals surface area contributed by atoms with Crippen molar-refractivity contribution in [2.24, 2.45) is 5.41 Å². The minimum Gasteiger partial charge on any atom is -0.383 e. The lowest BCUT2D eigenvalue weighted by Crippen LogP contribution is -2.52. The monoisotopic (exact) mass is 338 g/mol. The average molecular weight is 338 g/mol. The molecule has 3 rings (SSSR count). The number of ether oxygens (including phenoxy) is 2. The molecule has 1 atom stereocenters. The van der Waals surface area contributed by atoms with Gasteiger partial charge in [0.2, 0.25) is 0 Å². The Morgan fingerprint density at radius 1 is 1.43 bits per heavy atom. The highest BCUT2D eigenvalue weighted by Crippen LogP contribution is 2.33. The summed E-state index contributed by atoms with van der Waals surface area (Å²) in [7, 11) is 1.74. The molecule has 23 heavy (non-hydrogen) atoms. The van der Waals surface area contributed by atoms with Crippen molar-refractivity contribution in [1.29, 1.82) is 0 Å². The molecular weight excluding hydrogens is 312 g/mol. The number of carbonyl (C=O) groups is 1. The molecule has 6 heteroatoms. The lowest BCUT2D eigenvalue weighted by atomic mass is 9.80. The van der Waals surface area contributed by atoms with Crippen LogP contribution < -0.4 is 0 Å². The maximum Gasteiger partial charge on any atom is 0.263 e. The van der Waals surface area contributed by atoms with Gasteiger partial charge in [0, 0.05) is 45.2 Å². The second-order valence-corrected chi connectivity index (χ2v) is 7.58. The summed E-state index contributed by atoms with van der Waals surface area (Å²) in [6.45, 7) is 6.79. The summed E-state index contributed by atoms with van der Waals surface area (Å²) in [5.41, 5.74) is 0.0649. The second-order valence-electron chi connectivity index (χ2n) is 6.63. The molecule has 3 heterocycles. The molecule has 0 saturated carbocycles. The zero-order valence-corrected chi connectivity index (χ0v) is 14.6. The summed E-state index contributed by atoms with van der Waals surface area (Å²) in [6.07, 6.45) is 2.18. The lowest BCUT2D eigenvalue weighted by molar-refractivity contribution is 0.00639. The van der Waals surface area contributed by atoms with Crippen molar-refractivity contribution in [3.63, 3.8) is 0 Å². The molecule has 128 valence electrons. The molecule has 0 unspecified atom stereocenters. The third-order valence-electron chi connectivity index (χ3n) is 4.81. The number of rotatable bonds is 4. The summed E-state index contributed by atoms with van der Waals surface area (Å²) >= 11 is 1.53. The first-order valence-electron chi connectivity index (χ1n) is 8.34. The normalized spacial score (nSPS) is 26.4. The first-order valence-corrected chi connectivity index (χ1v) is 9.22.